The van der Waals surface area contributed by atoms with E-state index in [0.717, 1.165) is 11.5 Å². The number of allylic oxidation sites excluding steroid dienone is 2. The second-order valence-corrected chi connectivity index (χ2v) is 3.12. The summed E-state index contributed by atoms with van der Waals surface area (Å²) in [7, 11) is 0. The lowest BCUT2D eigenvalue weighted by Crippen LogP contribution is -1.91. The Bertz CT molecular complexity index is 207. The molecule has 0 unspecified atom stereocenters. The average molecular weight is 149 g/mol. The molecule has 0 radical (unpaired) electrons. The number of rotatable bonds is 3. The van der Waals surface area contributed by atoms with Crippen molar-refractivity contribution >= 4 is 5.71 Å². The minimum atomic E-state index is 0.781. The molecule has 0 saturated heterocycles. The first-order chi connectivity index (χ1) is 5.24. The topological polar surface area (TPSA) is 12.4 Å². The van der Waals surface area contributed by atoms with Crippen molar-refractivity contribution in [1.82, 2.24) is 0 Å². The van der Waals surface area contributed by atoms with Gasteiger partial charge >= 0.3 is 0 Å². The van der Waals surface area contributed by atoms with Gasteiger partial charge in [0, 0.05) is 11.9 Å². The van der Waals surface area contributed by atoms with E-state index in [0.29, 0.717) is 0 Å². The molecule has 11 heavy (non-hydrogen) atoms. The van der Waals surface area contributed by atoms with Crippen molar-refractivity contribution in [1.29, 1.82) is 0 Å². The molecule has 1 nitrogen and oxygen atoms in total. The quantitative estimate of drug-likeness (QED) is 0.432. The zero-order chi connectivity index (χ0) is 8.27. The van der Waals surface area contributed by atoms with Crippen molar-refractivity contribution in [3.63, 3.8) is 0 Å². The lowest BCUT2D eigenvalue weighted by Gasteiger charge is -1.92. The van der Waals surface area contributed by atoms with E-state index in [1.165, 1.54) is 18.6 Å². The highest BCUT2D eigenvalue weighted by molar-refractivity contribution is 5.86. The number of hydrogen-bond donors (Lipinski definition) is 0. The molecule has 0 atom stereocenters. The van der Waals surface area contributed by atoms with Crippen LogP contribution in [0.4, 0.5) is 0 Å². The molecule has 1 aliphatic rings. The highest BCUT2D eigenvalue weighted by atomic mass is 14.7. The fraction of sp³-hybridized carbons (Fsp3) is 0.500. The first kappa shape index (κ1) is 8.25. The SMILES string of the molecule is C=C/C(C)=C\N=C(C)C1CC1. The smallest absolute Gasteiger partial charge is 0.0296 e. The van der Waals surface area contributed by atoms with Gasteiger partial charge in [-0.05, 0) is 38.2 Å². The molecule has 1 aliphatic carbocycles. The molecular weight excluding hydrogens is 134 g/mol. The summed E-state index contributed by atoms with van der Waals surface area (Å²) in [5.41, 5.74) is 2.40. The van der Waals surface area contributed by atoms with Crippen molar-refractivity contribution in [2.75, 3.05) is 0 Å². The first-order valence-electron chi connectivity index (χ1n) is 4.07. The third-order valence-corrected chi connectivity index (χ3v) is 1.96. The number of nitrogens with zero attached hydrogens (tertiary/aromatic N) is 1. The van der Waals surface area contributed by atoms with Crippen molar-refractivity contribution < 1.29 is 0 Å². The molecule has 0 N–H and O–H groups in total. The molecule has 0 bridgehead atoms. The van der Waals surface area contributed by atoms with Crippen molar-refractivity contribution in [2.24, 2.45) is 10.9 Å². The summed E-state index contributed by atoms with van der Waals surface area (Å²) in [5.74, 6) is 0.781. The summed E-state index contributed by atoms with van der Waals surface area (Å²) in [6.45, 7) is 7.77. The molecule has 1 saturated carbocycles. The summed E-state index contributed by atoms with van der Waals surface area (Å²) in [4.78, 5) is 4.34. The van der Waals surface area contributed by atoms with Crippen LogP contribution >= 0.6 is 0 Å². The van der Waals surface area contributed by atoms with Gasteiger partial charge in [0.2, 0.25) is 0 Å². The monoisotopic (exact) mass is 149 g/mol. The molecule has 1 fully saturated rings. The standard InChI is InChI=1S/C10H15N/c1-4-8(2)7-11-9(3)10-5-6-10/h4,7,10H,1,5-6H2,2-3H3/b8-7-,11-9?. The van der Waals surface area contributed by atoms with Gasteiger partial charge in [0.05, 0.1) is 0 Å². The molecule has 0 aromatic rings. The summed E-state index contributed by atoms with van der Waals surface area (Å²) < 4.78 is 0. The van der Waals surface area contributed by atoms with E-state index in [4.69, 9.17) is 0 Å². The molecule has 60 valence electrons. The fourth-order valence-corrected chi connectivity index (χ4v) is 0.863. The van der Waals surface area contributed by atoms with Crippen LogP contribution in [-0.2, 0) is 0 Å². The normalized spacial score (nSPS) is 20.2. The van der Waals surface area contributed by atoms with Gasteiger partial charge in [-0.25, -0.2) is 0 Å². The van der Waals surface area contributed by atoms with Gasteiger partial charge in [-0.1, -0.05) is 12.7 Å². The van der Waals surface area contributed by atoms with E-state index in [9.17, 15) is 0 Å². The predicted octanol–water partition coefficient (Wildman–Crippen LogP) is 2.95. The Morgan fingerprint density at radius 2 is 2.09 bits per heavy atom. The Morgan fingerprint density at radius 3 is 2.55 bits per heavy atom. The number of hydrogen-bond acceptors (Lipinski definition) is 1. The molecule has 0 aliphatic heterocycles. The number of aliphatic imine (C=N–C) groups is 1. The second kappa shape index (κ2) is 3.51. The lowest BCUT2D eigenvalue weighted by molar-refractivity contribution is 1.17. The van der Waals surface area contributed by atoms with Crippen LogP contribution < -0.4 is 0 Å². The van der Waals surface area contributed by atoms with Crippen LogP contribution in [-0.4, -0.2) is 5.71 Å². The zero-order valence-electron chi connectivity index (χ0n) is 7.30. The van der Waals surface area contributed by atoms with Gasteiger partial charge in [0.15, 0.2) is 0 Å². The summed E-state index contributed by atoms with van der Waals surface area (Å²) in [6.07, 6.45) is 6.37. The third-order valence-electron chi connectivity index (χ3n) is 1.96. The fourth-order valence-electron chi connectivity index (χ4n) is 0.863. The molecule has 0 aromatic heterocycles. The van der Waals surface area contributed by atoms with Crippen molar-refractivity contribution in [3.05, 3.63) is 24.4 Å². The second-order valence-electron chi connectivity index (χ2n) is 3.12. The van der Waals surface area contributed by atoms with Gasteiger partial charge < -0.3 is 0 Å². The maximum absolute atomic E-state index is 4.34. The minimum absolute atomic E-state index is 0.781. The lowest BCUT2D eigenvalue weighted by atomic mass is 10.3. The first-order valence-corrected chi connectivity index (χ1v) is 4.07. The van der Waals surface area contributed by atoms with Gasteiger partial charge in [-0.3, -0.25) is 4.99 Å². The van der Waals surface area contributed by atoms with Crippen LogP contribution in [0.15, 0.2) is 29.4 Å². The van der Waals surface area contributed by atoms with Crippen LogP contribution in [0.5, 0.6) is 0 Å². The Morgan fingerprint density at radius 1 is 1.45 bits per heavy atom. The van der Waals surface area contributed by atoms with E-state index in [1.54, 1.807) is 0 Å². The Labute approximate surface area is 68.5 Å². The van der Waals surface area contributed by atoms with E-state index in [2.05, 4.69) is 18.5 Å². The molecule has 0 amide bonds. The highest BCUT2D eigenvalue weighted by Crippen LogP contribution is 2.30. The Kier molecular flexibility index (Phi) is 2.64. The summed E-state index contributed by atoms with van der Waals surface area (Å²) in [5, 5.41) is 0. The Hall–Kier alpha value is -0.850. The molecule has 1 heteroatoms. The molecule has 0 spiro atoms. The van der Waals surface area contributed by atoms with E-state index < -0.39 is 0 Å². The molecular formula is C10H15N. The Balaban J connectivity index is 2.49. The van der Waals surface area contributed by atoms with Gasteiger partial charge in [-0.2, -0.15) is 0 Å². The van der Waals surface area contributed by atoms with Crippen LogP contribution in [0.1, 0.15) is 26.7 Å². The average Bonchev–Trinajstić information content (AvgIpc) is 2.81. The van der Waals surface area contributed by atoms with E-state index in [-0.39, 0.29) is 0 Å². The van der Waals surface area contributed by atoms with Gasteiger partial charge in [-0.15, -0.1) is 0 Å². The van der Waals surface area contributed by atoms with Crippen LogP contribution in [0, 0.1) is 5.92 Å². The van der Waals surface area contributed by atoms with Gasteiger partial charge in [0.1, 0.15) is 0 Å². The molecule has 0 aromatic carbocycles. The van der Waals surface area contributed by atoms with Crippen LogP contribution in [0.25, 0.3) is 0 Å². The third kappa shape index (κ3) is 2.71. The molecule has 0 heterocycles. The minimum Gasteiger partial charge on any atom is -0.265 e. The van der Waals surface area contributed by atoms with E-state index >= 15 is 0 Å². The van der Waals surface area contributed by atoms with Crippen LogP contribution in [0.3, 0.4) is 0 Å². The van der Waals surface area contributed by atoms with Crippen molar-refractivity contribution in [3.8, 4) is 0 Å². The maximum Gasteiger partial charge on any atom is 0.0296 e. The van der Waals surface area contributed by atoms with Crippen molar-refractivity contribution in [2.45, 2.75) is 26.7 Å². The maximum atomic E-state index is 4.34. The summed E-state index contributed by atoms with van der Waals surface area (Å²) >= 11 is 0. The largest absolute Gasteiger partial charge is 0.265 e. The van der Waals surface area contributed by atoms with E-state index in [1.807, 2.05) is 19.2 Å². The van der Waals surface area contributed by atoms with Crippen LogP contribution in [0.2, 0.25) is 0 Å². The van der Waals surface area contributed by atoms with Gasteiger partial charge in [0.25, 0.3) is 0 Å². The zero-order valence-corrected chi connectivity index (χ0v) is 7.30. The molecule has 1 rings (SSSR count). The predicted molar refractivity (Wildman–Crippen MR) is 49.8 cm³/mol. The summed E-state index contributed by atoms with van der Waals surface area (Å²) in [6, 6.07) is 0. The highest BCUT2D eigenvalue weighted by Gasteiger charge is 2.23.